The molecular formula is C28H28N2O2. The summed E-state index contributed by atoms with van der Waals surface area (Å²) in [4.78, 5) is 14.8. The Labute approximate surface area is 188 Å². The maximum absolute atomic E-state index is 12.3. The number of fused-ring (bicyclic) bond motifs is 1. The predicted octanol–water partition coefficient (Wildman–Crippen LogP) is 5.15. The quantitative estimate of drug-likeness (QED) is 0.460. The third-order valence-corrected chi connectivity index (χ3v) is 6.42. The minimum absolute atomic E-state index is 0.319. The normalized spacial score (nSPS) is 14.7. The number of hydrogen-bond acceptors (Lipinski definition) is 4. The molecule has 4 aromatic rings. The molecule has 5 rings (SSSR count). The second-order valence-corrected chi connectivity index (χ2v) is 8.63. The Bertz CT molecular complexity index is 1300. The van der Waals surface area contributed by atoms with Gasteiger partial charge in [0.05, 0.1) is 0 Å². The molecule has 1 aliphatic heterocycles. The first-order chi connectivity index (χ1) is 15.6. The van der Waals surface area contributed by atoms with E-state index in [9.17, 15) is 4.79 Å². The van der Waals surface area contributed by atoms with Crippen molar-refractivity contribution < 1.29 is 4.42 Å². The van der Waals surface area contributed by atoms with E-state index in [0.717, 1.165) is 60.4 Å². The fourth-order valence-corrected chi connectivity index (χ4v) is 4.88. The van der Waals surface area contributed by atoms with Crippen molar-refractivity contribution in [1.29, 1.82) is 0 Å². The predicted molar refractivity (Wildman–Crippen MR) is 131 cm³/mol. The highest BCUT2D eigenvalue weighted by molar-refractivity contribution is 6.00. The Morgan fingerprint density at radius 3 is 2.34 bits per heavy atom. The van der Waals surface area contributed by atoms with Gasteiger partial charge in [-0.3, -0.25) is 4.90 Å². The van der Waals surface area contributed by atoms with Crippen molar-refractivity contribution in [3.63, 3.8) is 0 Å². The summed E-state index contributed by atoms with van der Waals surface area (Å²) in [5, 5.41) is 4.41. The fourth-order valence-electron chi connectivity index (χ4n) is 4.88. The van der Waals surface area contributed by atoms with E-state index in [-0.39, 0.29) is 5.63 Å². The van der Waals surface area contributed by atoms with E-state index in [1.165, 1.54) is 16.7 Å². The first kappa shape index (κ1) is 20.7. The molecule has 1 saturated heterocycles. The smallest absolute Gasteiger partial charge is 0.336 e. The molecule has 0 aliphatic carbocycles. The molecule has 162 valence electrons. The van der Waals surface area contributed by atoms with Crippen LogP contribution in [0.3, 0.4) is 0 Å². The van der Waals surface area contributed by atoms with Gasteiger partial charge in [0.1, 0.15) is 5.58 Å². The summed E-state index contributed by atoms with van der Waals surface area (Å²) in [5.74, 6) is 0. The summed E-state index contributed by atoms with van der Waals surface area (Å²) in [5.41, 5.74) is 8.25. The number of rotatable bonds is 4. The summed E-state index contributed by atoms with van der Waals surface area (Å²) >= 11 is 0. The van der Waals surface area contributed by atoms with Crippen molar-refractivity contribution in [2.45, 2.75) is 20.4 Å². The monoisotopic (exact) mass is 424 g/mol. The Hall–Kier alpha value is -3.21. The minimum Gasteiger partial charge on any atom is -0.423 e. The molecule has 3 aromatic carbocycles. The lowest BCUT2D eigenvalue weighted by Gasteiger charge is -2.27. The van der Waals surface area contributed by atoms with Gasteiger partial charge in [0.2, 0.25) is 0 Å². The molecule has 32 heavy (non-hydrogen) atoms. The van der Waals surface area contributed by atoms with Crippen LogP contribution in [-0.2, 0) is 6.54 Å². The molecule has 2 heterocycles. The van der Waals surface area contributed by atoms with Gasteiger partial charge in [-0.2, -0.15) is 0 Å². The second kappa shape index (κ2) is 8.73. The summed E-state index contributed by atoms with van der Waals surface area (Å²) in [7, 11) is 0. The van der Waals surface area contributed by atoms with Gasteiger partial charge in [0.15, 0.2) is 0 Å². The number of nitrogens with zero attached hydrogens (tertiary/aromatic N) is 1. The maximum Gasteiger partial charge on any atom is 0.336 e. The molecule has 0 amide bonds. The zero-order valence-corrected chi connectivity index (χ0v) is 18.7. The molecule has 0 spiro atoms. The van der Waals surface area contributed by atoms with Crippen LogP contribution >= 0.6 is 0 Å². The molecule has 1 aliphatic rings. The van der Waals surface area contributed by atoms with Crippen molar-refractivity contribution in [1.82, 2.24) is 10.2 Å². The Morgan fingerprint density at radius 1 is 0.906 bits per heavy atom. The van der Waals surface area contributed by atoms with E-state index >= 15 is 0 Å². The lowest BCUT2D eigenvalue weighted by atomic mass is 9.89. The summed E-state index contributed by atoms with van der Waals surface area (Å²) in [6.45, 7) is 9.52. The Balaban J connectivity index is 1.58. The van der Waals surface area contributed by atoms with Crippen LogP contribution < -0.4 is 10.9 Å². The van der Waals surface area contributed by atoms with Gasteiger partial charge in [-0.1, -0.05) is 54.6 Å². The van der Waals surface area contributed by atoms with Crippen molar-refractivity contribution in [3.8, 4) is 22.3 Å². The van der Waals surface area contributed by atoms with E-state index in [1.54, 1.807) is 6.07 Å². The van der Waals surface area contributed by atoms with Crippen molar-refractivity contribution in [3.05, 3.63) is 93.8 Å². The lowest BCUT2D eigenvalue weighted by molar-refractivity contribution is 0.233. The Morgan fingerprint density at radius 2 is 1.62 bits per heavy atom. The summed E-state index contributed by atoms with van der Waals surface area (Å²) in [6, 6.07) is 22.6. The van der Waals surface area contributed by atoms with Gasteiger partial charge in [-0.15, -0.1) is 0 Å². The maximum atomic E-state index is 12.3. The largest absolute Gasteiger partial charge is 0.423 e. The summed E-state index contributed by atoms with van der Waals surface area (Å²) < 4.78 is 5.61. The van der Waals surface area contributed by atoms with E-state index in [2.05, 4.69) is 48.3 Å². The molecule has 0 saturated carbocycles. The number of nitrogens with one attached hydrogen (secondary N) is 1. The highest BCUT2D eigenvalue weighted by Crippen LogP contribution is 2.37. The second-order valence-electron chi connectivity index (χ2n) is 8.63. The average Bonchev–Trinajstić information content (AvgIpc) is 2.80. The SMILES string of the molecule is Cc1cc2oc(=O)cc(-c3ccccc3)c2c(C)c1-c1ccc(CN2CCNCC2)cc1. The van der Waals surface area contributed by atoms with Crippen molar-refractivity contribution in [2.75, 3.05) is 26.2 Å². The topological polar surface area (TPSA) is 45.5 Å². The van der Waals surface area contributed by atoms with Crippen LogP contribution in [0.2, 0.25) is 0 Å². The first-order valence-electron chi connectivity index (χ1n) is 11.3. The average molecular weight is 425 g/mol. The van der Waals surface area contributed by atoms with Crippen molar-refractivity contribution >= 4 is 11.0 Å². The molecular weight excluding hydrogens is 396 g/mol. The third-order valence-electron chi connectivity index (χ3n) is 6.42. The van der Waals surface area contributed by atoms with Gasteiger partial charge >= 0.3 is 5.63 Å². The van der Waals surface area contributed by atoms with E-state index in [0.29, 0.717) is 5.58 Å². The fraction of sp³-hybridized carbons (Fsp3) is 0.250. The van der Waals surface area contributed by atoms with Crippen LogP contribution in [0.5, 0.6) is 0 Å². The molecule has 0 atom stereocenters. The lowest BCUT2D eigenvalue weighted by Crippen LogP contribution is -2.42. The van der Waals surface area contributed by atoms with Crippen LogP contribution in [0, 0.1) is 13.8 Å². The van der Waals surface area contributed by atoms with Crippen LogP contribution in [0.25, 0.3) is 33.2 Å². The molecule has 0 unspecified atom stereocenters. The highest BCUT2D eigenvalue weighted by Gasteiger charge is 2.17. The minimum atomic E-state index is -0.319. The molecule has 1 N–H and O–H groups in total. The van der Waals surface area contributed by atoms with Crippen LogP contribution in [0.4, 0.5) is 0 Å². The molecule has 0 bridgehead atoms. The van der Waals surface area contributed by atoms with Gasteiger partial charge in [0.25, 0.3) is 0 Å². The van der Waals surface area contributed by atoms with E-state index in [4.69, 9.17) is 4.42 Å². The number of piperazine rings is 1. The first-order valence-corrected chi connectivity index (χ1v) is 11.3. The van der Waals surface area contributed by atoms with Crippen molar-refractivity contribution in [2.24, 2.45) is 0 Å². The van der Waals surface area contributed by atoms with E-state index in [1.807, 2.05) is 36.4 Å². The van der Waals surface area contributed by atoms with Crippen LogP contribution in [0.1, 0.15) is 16.7 Å². The highest BCUT2D eigenvalue weighted by atomic mass is 16.4. The molecule has 1 aromatic heterocycles. The molecule has 1 fully saturated rings. The molecule has 4 nitrogen and oxygen atoms in total. The zero-order chi connectivity index (χ0) is 22.1. The van der Waals surface area contributed by atoms with Gasteiger partial charge in [-0.25, -0.2) is 4.79 Å². The summed E-state index contributed by atoms with van der Waals surface area (Å²) in [6.07, 6.45) is 0. The van der Waals surface area contributed by atoms with Gasteiger partial charge in [-0.05, 0) is 53.3 Å². The van der Waals surface area contributed by atoms with E-state index < -0.39 is 0 Å². The van der Waals surface area contributed by atoms with Gasteiger partial charge in [0, 0.05) is 49.7 Å². The van der Waals surface area contributed by atoms with Crippen LogP contribution in [-0.4, -0.2) is 31.1 Å². The van der Waals surface area contributed by atoms with Crippen LogP contribution in [0.15, 0.2) is 75.9 Å². The van der Waals surface area contributed by atoms with Gasteiger partial charge < -0.3 is 9.73 Å². The third kappa shape index (κ3) is 3.99. The number of aryl methyl sites for hydroxylation is 2. The number of benzene rings is 3. The molecule has 4 heteroatoms. The number of hydrogen-bond donors (Lipinski definition) is 1. The zero-order valence-electron chi connectivity index (χ0n) is 18.7. The Kier molecular flexibility index (Phi) is 5.64. The standard InChI is InChI=1S/C28H28N2O2/c1-19-16-25-28(24(17-26(31)32-25)22-6-4-3-5-7-22)20(2)27(19)23-10-8-21(9-11-23)18-30-14-12-29-13-15-30/h3-11,16-17,29H,12-15,18H2,1-2H3. The molecule has 0 radical (unpaired) electrons.